The minimum atomic E-state index is -0.142. The Morgan fingerprint density at radius 1 is 0.933 bits per heavy atom. The minimum absolute atomic E-state index is 0.142. The molecule has 1 aromatic heterocycles. The minimum Gasteiger partial charge on any atom is -0.466 e. The highest BCUT2D eigenvalue weighted by molar-refractivity contribution is 5.97. The normalized spacial score (nSPS) is 11.0. The number of para-hydroxylation sites is 1. The molecule has 0 spiro atoms. The predicted octanol–water partition coefficient (Wildman–Crippen LogP) is 6.16. The molecular formula is C27H27NO2. The van der Waals surface area contributed by atoms with E-state index < -0.39 is 0 Å². The lowest BCUT2D eigenvalue weighted by atomic mass is 9.92. The summed E-state index contributed by atoms with van der Waals surface area (Å²) in [6, 6.07) is 25.4. The average Bonchev–Trinajstić information content (AvgIpc) is 3.11. The smallest absolute Gasteiger partial charge is 0.306 e. The number of nitrogens with zero attached hydrogens (tertiary/aromatic N) is 1. The monoisotopic (exact) mass is 397 g/mol. The number of esters is 1. The van der Waals surface area contributed by atoms with E-state index in [2.05, 4.69) is 84.4 Å². The molecule has 4 rings (SSSR count). The molecule has 3 heteroatoms. The van der Waals surface area contributed by atoms with Crippen molar-refractivity contribution in [2.75, 3.05) is 6.61 Å². The average molecular weight is 398 g/mol. The summed E-state index contributed by atoms with van der Waals surface area (Å²) in [5.74, 6) is -0.142. The molecule has 0 aliphatic rings. The first-order valence-corrected chi connectivity index (χ1v) is 10.5. The van der Waals surface area contributed by atoms with Crippen molar-refractivity contribution in [1.82, 2.24) is 4.57 Å². The Hall–Kier alpha value is -3.33. The molecule has 0 unspecified atom stereocenters. The number of aromatic nitrogens is 1. The third-order valence-corrected chi connectivity index (χ3v) is 5.52. The van der Waals surface area contributed by atoms with Crippen LogP contribution in [0.3, 0.4) is 0 Å². The van der Waals surface area contributed by atoms with Gasteiger partial charge in [-0.3, -0.25) is 4.79 Å². The van der Waals surface area contributed by atoms with E-state index in [4.69, 9.17) is 4.74 Å². The van der Waals surface area contributed by atoms with Crippen LogP contribution in [0.5, 0.6) is 0 Å². The number of aryl methyl sites for hydroxylation is 2. The van der Waals surface area contributed by atoms with Crippen molar-refractivity contribution in [3.63, 3.8) is 0 Å². The molecule has 152 valence electrons. The second kappa shape index (κ2) is 9.00. The van der Waals surface area contributed by atoms with Gasteiger partial charge in [0.2, 0.25) is 0 Å². The number of hydrogen-bond acceptors (Lipinski definition) is 2. The van der Waals surface area contributed by atoms with Gasteiger partial charge in [0.1, 0.15) is 0 Å². The Labute approximate surface area is 177 Å². The van der Waals surface area contributed by atoms with Gasteiger partial charge in [-0.1, -0.05) is 66.7 Å². The predicted molar refractivity (Wildman–Crippen MR) is 123 cm³/mol. The van der Waals surface area contributed by atoms with E-state index in [-0.39, 0.29) is 5.97 Å². The number of carbonyl (C=O) groups excluding carboxylic acids is 1. The highest BCUT2D eigenvalue weighted by Gasteiger charge is 2.16. The molecule has 1 heterocycles. The van der Waals surface area contributed by atoms with Gasteiger partial charge in [-0.15, -0.1) is 0 Å². The molecule has 3 aromatic carbocycles. The first kappa shape index (κ1) is 20.0. The fourth-order valence-corrected chi connectivity index (χ4v) is 4.15. The van der Waals surface area contributed by atoms with Gasteiger partial charge in [-0.05, 0) is 48.6 Å². The maximum Gasteiger partial charge on any atom is 0.306 e. The summed E-state index contributed by atoms with van der Waals surface area (Å²) in [6.45, 7) is 5.24. The molecule has 0 saturated carbocycles. The van der Waals surface area contributed by atoms with Gasteiger partial charge >= 0.3 is 5.97 Å². The Kier molecular flexibility index (Phi) is 5.99. The van der Waals surface area contributed by atoms with Crippen LogP contribution in [0, 0.1) is 6.92 Å². The Balaban J connectivity index is 1.77. The van der Waals surface area contributed by atoms with E-state index in [1.54, 1.807) is 0 Å². The summed E-state index contributed by atoms with van der Waals surface area (Å²) in [6.07, 6.45) is 3.33. The number of fused-ring (bicyclic) bond motifs is 1. The molecule has 0 N–H and O–H groups in total. The Bertz CT molecular complexity index is 1160. The van der Waals surface area contributed by atoms with Gasteiger partial charge in [-0.2, -0.15) is 0 Å². The first-order valence-electron chi connectivity index (χ1n) is 10.5. The van der Waals surface area contributed by atoms with Crippen molar-refractivity contribution < 1.29 is 9.53 Å². The maximum atomic E-state index is 11.9. The van der Waals surface area contributed by atoms with Crippen LogP contribution in [-0.4, -0.2) is 17.1 Å². The summed E-state index contributed by atoms with van der Waals surface area (Å²) in [5.41, 5.74) is 7.35. The van der Waals surface area contributed by atoms with E-state index in [1.165, 1.54) is 38.7 Å². The van der Waals surface area contributed by atoms with Crippen molar-refractivity contribution in [2.45, 2.75) is 33.2 Å². The third-order valence-electron chi connectivity index (χ3n) is 5.52. The van der Waals surface area contributed by atoms with Crippen LogP contribution < -0.4 is 0 Å². The molecule has 0 fully saturated rings. The molecule has 0 radical (unpaired) electrons. The number of rotatable bonds is 7. The molecule has 0 atom stereocenters. The third kappa shape index (κ3) is 4.16. The van der Waals surface area contributed by atoms with Crippen molar-refractivity contribution in [3.05, 3.63) is 95.7 Å². The van der Waals surface area contributed by atoms with Crippen LogP contribution in [0.25, 0.3) is 22.0 Å². The lowest BCUT2D eigenvalue weighted by Crippen LogP contribution is -2.06. The van der Waals surface area contributed by atoms with E-state index in [1.807, 2.05) is 13.0 Å². The van der Waals surface area contributed by atoms with Crippen molar-refractivity contribution in [3.8, 4) is 11.1 Å². The molecular weight excluding hydrogens is 370 g/mol. The van der Waals surface area contributed by atoms with Gasteiger partial charge in [0.15, 0.2) is 0 Å². The lowest BCUT2D eigenvalue weighted by Gasteiger charge is -2.12. The zero-order chi connectivity index (χ0) is 20.9. The largest absolute Gasteiger partial charge is 0.466 e. The maximum absolute atomic E-state index is 11.9. The Morgan fingerprint density at radius 3 is 2.50 bits per heavy atom. The van der Waals surface area contributed by atoms with Gasteiger partial charge in [0.25, 0.3) is 0 Å². The number of ether oxygens (including phenoxy) is 1. The van der Waals surface area contributed by atoms with Crippen molar-refractivity contribution >= 4 is 16.9 Å². The summed E-state index contributed by atoms with van der Waals surface area (Å²) >= 11 is 0. The van der Waals surface area contributed by atoms with Crippen LogP contribution in [-0.2, 0) is 22.5 Å². The fraction of sp³-hybridized carbons (Fsp3) is 0.222. The summed E-state index contributed by atoms with van der Waals surface area (Å²) < 4.78 is 7.46. The molecule has 0 bridgehead atoms. The van der Waals surface area contributed by atoms with Gasteiger partial charge in [0.05, 0.1) is 6.61 Å². The van der Waals surface area contributed by atoms with E-state index >= 15 is 0 Å². The number of carbonyl (C=O) groups is 1. The molecule has 30 heavy (non-hydrogen) atoms. The van der Waals surface area contributed by atoms with Crippen LogP contribution in [0.15, 0.2) is 79.0 Å². The molecule has 3 nitrogen and oxygen atoms in total. The van der Waals surface area contributed by atoms with Gasteiger partial charge < -0.3 is 9.30 Å². The van der Waals surface area contributed by atoms with E-state index in [0.717, 1.165) is 6.54 Å². The van der Waals surface area contributed by atoms with Crippen LogP contribution in [0.4, 0.5) is 0 Å². The quantitative estimate of drug-likeness (QED) is 0.350. The van der Waals surface area contributed by atoms with Crippen LogP contribution >= 0.6 is 0 Å². The standard InChI is InChI=1S/C27H27NO2/c1-3-30-26(29)17-16-22-13-9-10-20(2)27(22)24-19-28(18-21-11-5-4-6-12-21)25-15-8-7-14-23(24)25/h4-15,19H,3,16-18H2,1-2H3. The topological polar surface area (TPSA) is 31.2 Å². The molecule has 4 aromatic rings. The molecule has 0 saturated heterocycles. The zero-order valence-corrected chi connectivity index (χ0v) is 17.6. The lowest BCUT2D eigenvalue weighted by molar-refractivity contribution is -0.143. The highest BCUT2D eigenvalue weighted by atomic mass is 16.5. The highest BCUT2D eigenvalue weighted by Crippen LogP contribution is 2.36. The van der Waals surface area contributed by atoms with Gasteiger partial charge in [-0.25, -0.2) is 0 Å². The fourth-order valence-electron chi connectivity index (χ4n) is 4.15. The molecule has 0 aliphatic heterocycles. The summed E-state index contributed by atoms with van der Waals surface area (Å²) in [7, 11) is 0. The summed E-state index contributed by atoms with van der Waals surface area (Å²) in [5, 5.41) is 1.24. The van der Waals surface area contributed by atoms with E-state index in [9.17, 15) is 4.79 Å². The zero-order valence-electron chi connectivity index (χ0n) is 17.6. The van der Waals surface area contributed by atoms with Crippen molar-refractivity contribution in [1.29, 1.82) is 0 Å². The molecule has 0 aliphatic carbocycles. The Morgan fingerprint density at radius 2 is 1.70 bits per heavy atom. The summed E-state index contributed by atoms with van der Waals surface area (Å²) in [4.78, 5) is 11.9. The van der Waals surface area contributed by atoms with Crippen molar-refractivity contribution in [2.24, 2.45) is 0 Å². The number of hydrogen-bond donors (Lipinski definition) is 0. The SMILES string of the molecule is CCOC(=O)CCc1cccc(C)c1-c1cn(Cc2ccccc2)c2ccccc12. The molecule has 0 amide bonds. The second-order valence-electron chi connectivity index (χ2n) is 7.59. The van der Waals surface area contributed by atoms with E-state index in [0.29, 0.717) is 19.4 Å². The van der Waals surface area contributed by atoms with Crippen LogP contribution in [0.2, 0.25) is 0 Å². The first-order chi connectivity index (χ1) is 14.7. The number of benzene rings is 3. The van der Waals surface area contributed by atoms with Crippen LogP contribution in [0.1, 0.15) is 30.0 Å². The second-order valence-corrected chi connectivity index (χ2v) is 7.59. The van der Waals surface area contributed by atoms with Gasteiger partial charge in [0, 0.05) is 35.6 Å².